The van der Waals surface area contributed by atoms with E-state index in [4.69, 9.17) is 4.74 Å². The largest absolute Gasteiger partial charge is 0.412 e. The van der Waals surface area contributed by atoms with Gasteiger partial charge in [0.25, 0.3) is 0 Å². The Morgan fingerprint density at radius 2 is 1.97 bits per heavy atom. The number of fused-ring (bicyclic) bond motifs is 1. The van der Waals surface area contributed by atoms with Crippen molar-refractivity contribution in [3.63, 3.8) is 0 Å². The zero-order chi connectivity index (χ0) is 21.2. The highest BCUT2D eigenvalue weighted by molar-refractivity contribution is 5.72. The van der Waals surface area contributed by atoms with E-state index in [1.165, 1.54) is 22.4 Å². The van der Waals surface area contributed by atoms with Gasteiger partial charge in [0.1, 0.15) is 5.75 Å². The molecule has 3 unspecified atom stereocenters. The van der Waals surface area contributed by atoms with Crippen LogP contribution in [0.5, 0.6) is 5.75 Å². The van der Waals surface area contributed by atoms with Crippen LogP contribution in [0.15, 0.2) is 73.1 Å². The van der Waals surface area contributed by atoms with Crippen LogP contribution in [0.4, 0.5) is 10.5 Å². The van der Waals surface area contributed by atoms with Gasteiger partial charge in [-0.1, -0.05) is 37.3 Å². The second kappa shape index (κ2) is 8.42. The molecule has 31 heavy (non-hydrogen) atoms. The molecule has 0 saturated heterocycles. The quantitative estimate of drug-likeness (QED) is 0.600. The molecule has 1 aliphatic heterocycles. The molecule has 1 saturated carbocycles. The van der Waals surface area contributed by atoms with Crippen LogP contribution >= 0.6 is 0 Å². The average molecular weight is 414 g/mol. The second-order valence-corrected chi connectivity index (χ2v) is 8.33. The summed E-state index contributed by atoms with van der Waals surface area (Å²) in [6.07, 6.45) is 6.27. The molecule has 0 radical (unpaired) electrons. The van der Waals surface area contributed by atoms with Gasteiger partial charge in [-0.05, 0) is 66.3 Å². The molecule has 0 spiro atoms. The van der Waals surface area contributed by atoms with E-state index in [0.29, 0.717) is 17.7 Å². The standard InChI is InChI=1S/C26H27N3O2/c1-2-24(19-10-13-27-14-11-19)29-15-12-20-16-21(8-9-25(20)29)31-26(30)28-23-17-22(23)18-6-4-3-5-7-18/h3-11,13-14,16,22-24H,2,12,15,17H2,1H3,(H,28,30). The Balaban J connectivity index is 1.23. The lowest BCUT2D eigenvalue weighted by Gasteiger charge is -2.30. The summed E-state index contributed by atoms with van der Waals surface area (Å²) in [5, 5.41) is 3.00. The van der Waals surface area contributed by atoms with Gasteiger partial charge in [0, 0.05) is 36.6 Å². The summed E-state index contributed by atoms with van der Waals surface area (Å²) in [5.41, 5.74) is 5.00. The molecule has 2 aromatic carbocycles. The molecular formula is C26H27N3O2. The molecule has 1 aromatic heterocycles. The van der Waals surface area contributed by atoms with Crippen molar-refractivity contribution in [2.45, 2.75) is 44.2 Å². The van der Waals surface area contributed by atoms with Crippen LogP contribution < -0.4 is 15.0 Å². The number of amides is 1. The number of hydrogen-bond donors (Lipinski definition) is 1. The minimum absolute atomic E-state index is 0.158. The van der Waals surface area contributed by atoms with Gasteiger partial charge in [-0.25, -0.2) is 4.79 Å². The van der Waals surface area contributed by atoms with Gasteiger partial charge < -0.3 is 15.0 Å². The van der Waals surface area contributed by atoms with Crippen molar-refractivity contribution >= 4 is 11.8 Å². The number of aromatic nitrogens is 1. The van der Waals surface area contributed by atoms with Crippen LogP contribution in [-0.4, -0.2) is 23.7 Å². The van der Waals surface area contributed by atoms with Gasteiger partial charge in [0.05, 0.1) is 6.04 Å². The molecule has 5 nitrogen and oxygen atoms in total. The smallest absolute Gasteiger partial charge is 0.410 e. The molecule has 1 aliphatic carbocycles. The van der Waals surface area contributed by atoms with E-state index >= 15 is 0 Å². The van der Waals surface area contributed by atoms with Crippen molar-refractivity contribution in [1.29, 1.82) is 0 Å². The maximum absolute atomic E-state index is 12.4. The number of rotatable bonds is 6. The molecule has 158 valence electrons. The van der Waals surface area contributed by atoms with Crippen molar-refractivity contribution in [1.82, 2.24) is 10.3 Å². The number of hydrogen-bond acceptors (Lipinski definition) is 4. The Bertz CT molecular complexity index is 1050. The molecule has 5 heteroatoms. The zero-order valence-electron chi connectivity index (χ0n) is 17.7. The predicted molar refractivity (Wildman–Crippen MR) is 122 cm³/mol. The van der Waals surface area contributed by atoms with Gasteiger partial charge in [0.2, 0.25) is 0 Å². The maximum Gasteiger partial charge on any atom is 0.412 e. The minimum Gasteiger partial charge on any atom is -0.410 e. The summed E-state index contributed by atoms with van der Waals surface area (Å²) >= 11 is 0. The van der Waals surface area contributed by atoms with E-state index in [9.17, 15) is 4.79 Å². The number of pyridine rings is 1. The van der Waals surface area contributed by atoms with Crippen LogP contribution in [0.3, 0.4) is 0 Å². The average Bonchev–Trinajstić information content (AvgIpc) is 3.45. The summed E-state index contributed by atoms with van der Waals surface area (Å²) in [6, 6.07) is 21.0. The fourth-order valence-corrected chi connectivity index (χ4v) is 4.72. The molecule has 5 rings (SSSR count). The summed E-state index contributed by atoms with van der Waals surface area (Å²) in [7, 11) is 0. The fourth-order valence-electron chi connectivity index (χ4n) is 4.72. The Kier molecular flexibility index (Phi) is 5.33. The molecule has 2 aliphatic rings. The summed E-state index contributed by atoms with van der Waals surface area (Å²) in [4.78, 5) is 19.0. The third-order valence-electron chi connectivity index (χ3n) is 6.37. The third kappa shape index (κ3) is 4.13. The van der Waals surface area contributed by atoms with Crippen molar-refractivity contribution in [3.05, 3.63) is 89.7 Å². The number of nitrogens with one attached hydrogen (secondary N) is 1. The third-order valence-corrected chi connectivity index (χ3v) is 6.37. The van der Waals surface area contributed by atoms with Gasteiger partial charge in [-0.2, -0.15) is 0 Å². The van der Waals surface area contributed by atoms with E-state index in [0.717, 1.165) is 25.8 Å². The first-order valence-corrected chi connectivity index (χ1v) is 11.1. The Hall–Kier alpha value is -3.34. The number of ether oxygens (including phenoxy) is 1. The van der Waals surface area contributed by atoms with Crippen LogP contribution in [-0.2, 0) is 6.42 Å². The highest BCUT2D eigenvalue weighted by Gasteiger charge is 2.39. The normalized spacial score (nSPS) is 20.1. The Labute approximate surface area is 183 Å². The Morgan fingerprint density at radius 3 is 2.74 bits per heavy atom. The molecule has 2 heterocycles. The fraction of sp³-hybridized carbons (Fsp3) is 0.308. The van der Waals surface area contributed by atoms with Crippen molar-refractivity contribution < 1.29 is 9.53 Å². The maximum atomic E-state index is 12.4. The van der Waals surface area contributed by atoms with E-state index in [1.54, 1.807) is 0 Å². The van der Waals surface area contributed by atoms with Gasteiger partial charge in [-0.3, -0.25) is 4.98 Å². The minimum atomic E-state index is -0.374. The van der Waals surface area contributed by atoms with Gasteiger partial charge in [-0.15, -0.1) is 0 Å². The SMILES string of the molecule is CCC(c1ccncc1)N1CCc2cc(OC(=O)NC3CC3c3ccccc3)ccc21. The first-order valence-electron chi connectivity index (χ1n) is 11.1. The second-order valence-electron chi connectivity index (χ2n) is 8.33. The topological polar surface area (TPSA) is 54.5 Å². The lowest BCUT2D eigenvalue weighted by molar-refractivity contribution is 0.199. The van der Waals surface area contributed by atoms with Crippen LogP contribution in [0, 0.1) is 0 Å². The van der Waals surface area contributed by atoms with Crippen LogP contribution in [0.1, 0.15) is 48.4 Å². The highest BCUT2D eigenvalue weighted by Crippen LogP contribution is 2.41. The van der Waals surface area contributed by atoms with E-state index in [2.05, 4.69) is 52.5 Å². The van der Waals surface area contributed by atoms with Crippen molar-refractivity contribution in [3.8, 4) is 5.75 Å². The number of carbonyl (C=O) groups is 1. The van der Waals surface area contributed by atoms with Crippen molar-refractivity contribution in [2.75, 3.05) is 11.4 Å². The first-order chi connectivity index (χ1) is 15.2. The van der Waals surface area contributed by atoms with E-state index in [1.807, 2.05) is 42.7 Å². The molecule has 3 atom stereocenters. The number of benzene rings is 2. The molecule has 1 fully saturated rings. The van der Waals surface area contributed by atoms with E-state index < -0.39 is 0 Å². The number of anilines is 1. The molecule has 3 aromatic rings. The van der Waals surface area contributed by atoms with Gasteiger partial charge in [0.15, 0.2) is 0 Å². The zero-order valence-corrected chi connectivity index (χ0v) is 17.7. The lowest BCUT2D eigenvalue weighted by atomic mass is 10.0. The molecule has 1 N–H and O–H groups in total. The predicted octanol–water partition coefficient (Wildman–Crippen LogP) is 5.24. The van der Waals surface area contributed by atoms with Gasteiger partial charge >= 0.3 is 6.09 Å². The van der Waals surface area contributed by atoms with Crippen LogP contribution in [0.2, 0.25) is 0 Å². The monoisotopic (exact) mass is 413 g/mol. The number of nitrogens with zero attached hydrogens (tertiary/aromatic N) is 2. The van der Waals surface area contributed by atoms with Crippen LogP contribution in [0.25, 0.3) is 0 Å². The van der Waals surface area contributed by atoms with E-state index in [-0.39, 0.29) is 12.1 Å². The molecule has 1 amide bonds. The summed E-state index contributed by atoms with van der Waals surface area (Å²) < 4.78 is 5.60. The van der Waals surface area contributed by atoms with Crippen molar-refractivity contribution in [2.24, 2.45) is 0 Å². The highest BCUT2D eigenvalue weighted by atomic mass is 16.6. The first kappa shape index (κ1) is 19.6. The Morgan fingerprint density at radius 1 is 1.16 bits per heavy atom. The lowest BCUT2D eigenvalue weighted by Crippen LogP contribution is -2.29. The number of carbonyl (C=O) groups excluding carboxylic acids is 1. The summed E-state index contributed by atoms with van der Waals surface area (Å²) in [6.45, 7) is 3.18. The molecular weight excluding hydrogens is 386 g/mol. The molecule has 0 bridgehead atoms. The summed E-state index contributed by atoms with van der Waals surface area (Å²) in [5.74, 6) is 0.994.